The second-order valence-corrected chi connectivity index (χ2v) is 27.3. The average Bonchev–Trinajstić information content (AvgIpc) is 3.57. The lowest BCUT2D eigenvalue weighted by Crippen LogP contribution is -2.65. The van der Waals surface area contributed by atoms with Crippen LogP contribution in [0.4, 0.5) is 22.7 Å². The van der Waals surface area contributed by atoms with Crippen LogP contribution in [0.3, 0.4) is 0 Å². The largest absolute Gasteiger partial charge is 0.376 e. The lowest BCUT2D eigenvalue weighted by Gasteiger charge is -2.53. The molecule has 0 N–H and O–H groups in total. The van der Waals surface area contributed by atoms with Crippen LogP contribution >= 0.6 is 0 Å². The van der Waals surface area contributed by atoms with Gasteiger partial charge >= 0.3 is 6.85 Å². The molecule has 3 heteroatoms. The Kier molecular flexibility index (Phi) is 8.56. The highest BCUT2D eigenvalue weighted by Crippen LogP contribution is 2.65. The first-order valence-corrected chi connectivity index (χ1v) is 25.5. The number of rotatable bonds is 1. The molecule has 1 fully saturated rings. The summed E-state index contributed by atoms with van der Waals surface area (Å²) in [6.45, 7) is 44.4. The third-order valence-electron chi connectivity index (χ3n) is 18.8. The molecule has 3 aliphatic heterocycles. The van der Waals surface area contributed by atoms with E-state index in [4.69, 9.17) is 0 Å². The molecule has 65 heavy (non-hydrogen) atoms. The average molecular weight is 861 g/mol. The van der Waals surface area contributed by atoms with E-state index in [2.05, 4.69) is 201 Å². The Morgan fingerprint density at radius 3 is 1.72 bits per heavy atom. The zero-order valence-electron chi connectivity index (χ0n) is 43.6. The Labute approximate surface area is 394 Å². The minimum Gasteiger partial charge on any atom is -0.376 e. The van der Waals surface area contributed by atoms with Gasteiger partial charge in [0, 0.05) is 39.1 Å². The van der Waals surface area contributed by atoms with Crippen molar-refractivity contribution in [3.63, 3.8) is 0 Å². The van der Waals surface area contributed by atoms with E-state index in [0.29, 0.717) is 0 Å². The zero-order valence-corrected chi connectivity index (χ0v) is 43.6. The minimum atomic E-state index is -0.228. The van der Waals surface area contributed by atoms with E-state index in [-0.39, 0.29) is 50.3 Å². The first-order valence-electron chi connectivity index (χ1n) is 25.5. The summed E-state index contributed by atoms with van der Waals surface area (Å²) in [7, 11) is 0. The van der Waals surface area contributed by atoms with Crippen molar-refractivity contribution in [3.05, 3.63) is 117 Å². The van der Waals surface area contributed by atoms with Crippen LogP contribution in [-0.4, -0.2) is 12.4 Å². The van der Waals surface area contributed by atoms with Gasteiger partial charge in [0.05, 0.1) is 5.54 Å². The van der Waals surface area contributed by atoms with Crippen LogP contribution in [0.1, 0.15) is 206 Å². The van der Waals surface area contributed by atoms with Crippen molar-refractivity contribution in [2.45, 2.75) is 207 Å². The normalized spacial score (nSPS) is 23.9. The van der Waals surface area contributed by atoms with Gasteiger partial charge in [0.25, 0.3) is 0 Å². The fourth-order valence-corrected chi connectivity index (χ4v) is 14.3. The molecule has 0 spiro atoms. The molecule has 0 bridgehead atoms. The number of nitrogens with zero attached hydrogens (tertiary/aromatic N) is 2. The third-order valence-corrected chi connectivity index (χ3v) is 18.8. The molecule has 0 amide bonds. The Hall–Kier alpha value is -4.24. The number of anilines is 4. The Balaban J connectivity index is 1.31. The van der Waals surface area contributed by atoms with Crippen LogP contribution < -0.4 is 20.6 Å². The van der Waals surface area contributed by atoms with Crippen molar-refractivity contribution < 1.29 is 0 Å². The predicted molar refractivity (Wildman–Crippen MR) is 282 cm³/mol. The minimum absolute atomic E-state index is 0.00237. The van der Waals surface area contributed by atoms with Gasteiger partial charge in [-0.15, -0.1) is 0 Å². The molecule has 2 nitrogen and oxygen atoms in total. The van der Waals surface area contributed by atoms with Crippen LogP contribution in [0, 0.1) is 6.92 Å². The molecule has 1 saturated carbocycles. The van der Waals surface area contributed by atoms with Gasteiger partial charge in [-0.25, -0.2) is 0 Å². The molecule has 2 unspecified atom stereocenters. The van der Waals surface area contributed by atoms with E-state index in [1.54, 1.807) is 16.7 Å². The van der Waals surface area contributed by atoms with Crippen molar-refractivity contribution in [2.75, 3.05) is 9.71 Å². The highest BCUT2D eigenvalue weighted by Gasteiger charge is 2.62. The molecular weight excluding hydrogens is 784 g/mol. The molecule has 5 aromatic rings. The standard InChI is InChI=1S/C62H77BN2/c1-36-29-37(55(2,3)4)21-24-49(36)65-53-41(23-22-40-42-34-45-46(35-44(42)60(15,16)51(40)53)59(13,14)28-27-58(45,11)12)43-30-38(56(5,6)7)33-50-52(43)63(65)48-32-39(57(8,9)10)31-47-54(48)64(50)62(18)26-20-19-25-61(47,62)17/h21-24,29-35H,19-20,25-28H2,1-18H3. The van der Waals surface area contributed by atoms with E-state index >= 15 is 0 Å². The van der Waals surface area contributed by atoms with Crippen molar-refractivity contribution in [2.24, 2.45) is 0 Å². The molecular formula is C62H77BN2. The van der Waals surface area contributed by atoms with Crippen molar-refractivity contribution in [3.8, 4) is 22.3 Å². The highest BCUT2D eigenvalue weighted by atomic mass is 15.3. The molecule has 3 heterocycles. The number of aryl methyl sites for hydroxylation is 1. The predicted octanol–water partition coefficient (Wildman–Crippen LogP) is 15.5. The first-order chi connectivity index (χ1) is 30.0. The molecule has 0 saturated heterocycles. The molecule has 0 radical (unpaired) electrons. The quantitative estimate of drug-likeness (QED) is 0.155. The lowest BCUT2D eigenvalue weighted by molar-refractivity contribution is 0.195. The summed E-state index contributed by atoms with van der Waals surface area (Å²) in [4.78, 5) is 5.85. The van der Waals surface area contributed by atoms with E-state index < -0.39 is 0 Å². The van der Waals surface area contributed by atoms with Crippen LogP contribution in [0.2, 0.25) is 0 Å². The second kappa shape index (κ2) is 12.8. The van der Waals surface area contributed by atoms with Gasteiger partial charge in [0.2, 0.25) is 0 Å². The molecule has 0 aromatic heterocycles. The van der Waals surface area contributed by atoms with Crippen LogP contribution in [0.5, 0.6) is 0 Å². The Bertz CT molecular complexity index is 2920. The number of fused-ring (bicyclic) bond motifs is 12. The van der Waals surface area contributed by atoms with Gasteiger partial charge in [0.15, 0.2) is 0 Å². The number of benzene rings is 5. The van der Waals surface area contributed by atoms with E-state index in [1.165, 1.54) is 128 Å². The first kappa shape index (κ1) is 43.3. The molecule has 6 aliphatic rings. The fraction of sp³-hybridized carbons (Fsp3) is 0.516. The fourth-order valence-electron chi connectivity index (χ4n) is 14.3. The maximum absolute atomic E-state index is 2.94. The molecule has 338 valence electrons. The molecule has 3 aliphatic carbocycles. The smallest absolute Gasteiger partial charge is 0.333 e. The highest BCUT2D eigenvalue weighted by molar-refractivity contribution is 6.93. The number of hydrogen-bond acceptors (Lipinski definition) is 2. The van der Waals surface area contributed by atoms with Crippen molar-refractivity contribution in [1.29, 1.82) is 0 Å². The summed E-state index contributed by atoms with van der Waals surface area (Å²) in [5.41, 5.74) is 27.8. The number of hydrogen-bond donors (Lipinski definition) is 0. The summed E-state index contributed by atoms with van der Waals surface area (Å²) in [5.74, 6) is 0. The summed E-state index contributed by atoms with van der Waals surface area (Å²) < 4.78 is 0. The SMILES string of the molecule is Cc1cc(C(C)(C)C)ccc1N1B2c3cc(C(C)(C)C)cc4c3N(c3cc(C(C)(C)C)cc(c32)-c2ccc3c(c21)C(C)(C)c1cc2c(cc1-3)C(C)(C)CCC2(C)C)C1(C)CCCCC41C. The van der Waals surface area contributed by atoms with Crippen LogP contribution in [0.25, 0.3) is 22.3 Å². The zero-order chi connectivity index (χ0) is 46.7. The molecule has 2 atom stereocenters. The van der Waals surface area contributed by atoms with Gasteiger partial charge in [-0.3, -0.25) is 0 Å². The van der Waals surface area contributed by atoms with E-state index in [9.17, 15) is 0 Å². The van der Waals surface area contributed by atoms with Gasteiger partial charge < -0.3 is 9.71 Å². The van der Waals surface area contributed by atoms with Gasteiger partial charge in [-0.1, -0.05) is 172 Å². The molecule has 5 aromatic carbocycles. The van der Waals surface area contributed by atoms with Crippen molar-refractivity contribution >= 4 is 40.5 Å². The van der Waals surface area contributed by atoms with Crippen LogP contribution in [0.15, 0.2) is 66.7 Å². The maximum atomic E-state index is 2.94. The van der Waals surface area contributed by atoms with Crippen LogP contribution in [-0.2, 0) is 37.9 Å². The summed E-state index contributed by atoms with van der Waals surface area (Å²) >= 11 is 0. The van der Waals surface area contributed by atoms with Crippen molar-refractivity contribution in [1.82, 2.24) is 0 Å². The molecule has 11 rings (SSSR count). The van der Waals surface area contributed by atoms with Gasteiger partial charge in [0.1, 0.15) is 0 Å². The lowest BCUT2D eigenvalue weighted by atomic mass is 9.42. The van der Waals surface area contributed by atoms with Gasteiger partial charge in [-0.05, 0) is 162 Å². The summed E-state index contributed by atoms with van der Waals surface area (Å²) in [5, 5.41) is 0. The topological polar surface area (TPSA) is 6.48 Å². The second-order valence-electron chi connectivity index (χ2n) is 27.3. The Morgan fingerprint density at radius 1 is 0.492 bits per heavy atom. The van der Waals surface area contributed by atoms with E-state index in [1.807, 2.05) is 0 Å². The Morgan fingerprint density at radius 2 is 1.09 bits per heavy atom. The van der Waals surface area contributed by atoms with E-state index in [0.717, 1.165) is 0 Å². The summed E-state index contributed by atoms with van der Waals surface area (Å²) in [6.07, 6.45) is 7.42. The summed E-state index contributed by atoms with van der Waals surface area (Å²) in [6, 6.07) is 28.6. The maximum Gasteiger partial charge on any atom is 0.333 e. The van der Waals surface area contributed by atoms with Gasteiger partial charge in [-0.2, -0.15) is 0 Å². The monoisotopic (exact) mass is 861 g/mol. The third kappa shape index (κ3) is 5.60.